The van der Waals surface area contributed by atoms with Gasteiger partial charge in [0.2, 0.25) is 0 Å². The number of carboxylic acid groups (broad SMARTS) is 1. The normalized spacial score (nSPS) is 15.7. The molecule has 4 nitrogen and oxygen atoms in total. The monoisotopic (exact) mass is 167 g/mol. The quantitative estimate of drug-likeness (QED) is 0.624. The third-order valence-electron chi connectivity index (χ3n) is 1.42. The summed E-state index contributed by atoms with van der Waals surface area (Å²) in [5.41, 5.74) is 0.692. The second-order valence-electron chi connectivity index (χ2n) is 2.41. The zero-order chi connectivity index (χ0) is 8.97. The minimum atomic E-state index is -0.916. The fourth-order valence-corrected chi connectivity index (χ4v) is 0.838. The van der Waals surface area contributed by atoms with E-state index in [-0.39, 0.29) is 12.3 Å². The number of nitrogens with one attached hydrogen (secondary N) is 1. The third kappa shape index (κ3) is 2.57. The van der Waals surface area contributed by atoms with Crippen LogP contribution in [0.25, 0.3) is 0 Å². The average molecular weight is 167 g/mol. The van der Waals surface area contributed by atoms with E-state index >= 15 is 0 Å². The van der Waals surface area contributed by atoms with Gasteiger partial charge in [-0.1, -0.05) is 6.08 Å². The molecule has 0 amide bonds. The van der Waals surface area contributed by atoms with E-state index in [1.807, 2.05) is 0 Å². The van der Waals surface area contributed by atoms with Gasteiger partial charge in [-0.2, -0.15) is 0 Å². The van der Waals surface area contributed by atoms with Gasteiger partial charge in [0.05, 0.1) is 0 Å². The van der Waals surface area contributed by atoms with Crippen molar-refractivity contribution in [1.82, 2.24) is 5.32 Å². The molecule has 4 heteroatoms. The smallest absolute Gasteiger partial charge is 0.322 e. The zero-order valence-electron chi connectivity index (χ0n) is 6.41. The van der Waals surface area contributed by atoms with Crippen molar-refractivity contribution in [2.75, 3.05) is 6.54 Å². The number of ketones is 1. The molecule has 0 aromatic carbocycles. The highest BCUT2D eigenvalue weighted by atomic mass is 16.4. The van der Waals surface area contributed by atoms with Crippen LogP contribution in [0.15, 0.2) is 23.9 Å². The van der Waals surface area contributed by atoms with E-state index in [0.29, 0.717) is 12.1 Å². The molecule has 0 fully saturated rings. The Labute approximate surface area is 69.6 Å². The first-order valence-corrected chi connectivity index (χ1v) is 3.55. The van der Waals surface area contributed by atoms with Crippen molar-refractivity contribution in [3.8, 4) is 0 Å². The van der Waals surface area contributed by atoms with Gasteiger partial charge >= 0.3 is 5.97 Å². The first kappa shape index (κ1) is 8.52. The highest BCUT2D eigenvalue weighted by molar-refractivity contribution is 5.92. The summed E-state index contributed by atoms with van der Waals surface area (Å²) >= 11 is 0. The van der Waals surface area contributed by atoms with E-state index in [2.05, 4.69) is 5.32 Å². The molecule has 2 N–H and O–H groups in total. The number of hydrogen-bond donors (Lipinski definition) is 2. The topological polar surface area (TPSA) is 66.4 Å². The van der Waals surface area contributed by atoms with E-state index in [9.17, 15) is 9.59 Å². The first-order valence-electron chi connectivity index (χ1n) is 3.55. The number of hydrogen-bond acceptors (Lipinski definition) is 3. The van der Waals surface area contributed by atoms with Crippen molar-refractivity contribution in [1.29, 1.82) is 0 Å². The zero-order valence-corrected chi connectivity index (χ0v) is 6.41. The average Bonchev–Trinajstić information content (AvgIpc) is 2.03. The van der Waals surface area contributed by atoms with Crippen LogP contribution >= 0.6 is 0 Å². The van der Waals surface area contributed by atoms with Crippen LogP contribution in [0.4, 0.5) is 0 Å². The van der Waals surface area contributed by atoms with Gasteiger partial charge in [0.15, 0.2) is 5.78 Å². The van der Waals surface area contributed by atoms with Gasteiger partial charge in [-0.05, 0) is 12.2 Å². The molecule has 0 saturated carbocycles. The molecule has 1 aliphatic carbocycles. The van der Waals surface area contributed by atoms with Crippen LogP contribution in [-0.4, -0.2) is 23.4 Å². The number of carbonyl (C=O) groups is 2. The molecule has 12 heavy (non-hydrogen) atoms. The first-order chi connectivity index (χ1) is 5.68. The predicted octanol–water partition coefficient (Wildman–Crippen LogP) is 0.0735. The highest BCUT2D eigenvalue weighted by Gasteiger charge is 2.03. The highest BCUT2D eigenvalue weighted by Crippen LogP contribution is 2.03. The summed E-state index contributed by atoms with van der Waals surface area (Å²) in [7, 11) is 0. The van der Waals surface area contributed by atoms with Crippen molar-refractivity contribution < 1.29 is 14.7 Å². The molecule has 0 heterocycles. The molecule has 64 valence electrons. The Bertz CT molecular complexity index is 265. The second kappa shape index (κ2) is 3.71. The summed E-state index contributed by atoms with van der Waals surface area (Å²) in [6.07, 6.45) is 5.03. The Kier molecular flexibility index (Phi) is 2.63. The molecule has 0 atom stereocenters. The maximum Gasteiger partial charge on any atom is 0.322 e. The molecule has 0 aromatic heterocycles. The molecular weight excluding hydrogens is 158 g/mol. The van der Waals surface area contributed by atoms with Crippen molar-refractivity contribution in [2.24, 2.45) is 0 Å². The maximum atomic E-state index is 10.7. The lowest BCUT2D eigenvalue weighted by atomic mass is 10.1. The molecular formula is C8H9NO3. The van der Waals surface area contributed by atoms with Gasteiger partial charge in [0.25, 0.3) is 0 Å². The lowest BCUT2D eigenvalue weighted by Gasteiger charge is -2.06. The van der Waals surface area contributed by atoms with E-state index in [1.165, 1.54) is 6.08 Å². The van der Waals surface area contributed by atoms with Crippen molar-refractivity contribution in [3.05, 3.63) is 23.9 Å². The Balaban J connectivity index is 2.40. The summed E-state index contributed by atoms with van der Waals surface area (Å²) in [5, 5.41) is 11.0. The molecule has 0 spiro atoms. The predicted molar refractivity (Wildman–Crippen MR) is 42.5 cm³/mol. The van der Waals surface area contributed by atoms with Gasteiger partial charge in [-0.25, -0.2) is 0 Å². The minimum absolute atomic E-state index is 0.0378. The fourth-order valence-electron chi connectivity index (χ4n) is 0.838. The van der Waals surface area contributed by atoms with E-state index < -0.39 is 5.97 Å². The van der Waals surface area contributed by atoms with Crippen molar-refractivity contribution in [3.63, 3.8) is 0 Å². The Morgan fingerprint density at radius 2 is 2.33 bits per heavy atom. The number of carbonyl (C=O) groups excluding carboxylic acids is 1. The molecule has 1 aliphatic rings. The van der Waals surface area contributed by atoms with Crippen molar-refractivity contribution in [2.45, 2.75) is 6.42 Å². The van der Waals surface area contributed by atoms with Crippen LogP contribution in [0.5, 0.6) is 0 Å². The Morgan fingerprint density at radius 3 is 2.83 bits per heavy atom. The Hall–Kier alpha value is -1.58. The SMILES string of the molecule is O=C(O)CNC1=CCC(=O)C=C1. The second-order valence-corrected chi connectivity index (χ2v) is 2.41. The lowest BCUT2D eigenvalue weighted by Crippen LogP contribution is -2.22. The lowest BCUT2D eigenvalue weighted by molar-refractivity contribution is -0.135. The number of aliphatic carboxylic acids is 1. The van der Waals surface area contributed by atoms with Crippen LogP contribution in [0.2, 0.25) is 0 Å². The summed E-state index contributed by atoms with van der Waals surface area (Å²) in [6.45, 7) is -0.121. The van der Waals surface area contributed by atoms with Gasteiger partial charge in [0.1, 0.15) is 6.54 Å². The summed E-state index contributed by atoms with van der Waals surface area (Å²) in [4.78, 5) is 20.8. The minimum Gasteiger partial charge on any atom is -0.480 e. The molecule has 0 bridgehead atoms. The molecule has 0 saturated heterocycles. The standard InChI is InChI=1S/C8H9NO3/c10-7-3-1-6(2-4-7)9-5-8(11)12/h1-3,9H,4-5H2,(H,11,12). The molecule has 0 unspecified atom stereocenters. The number of rotatable bonds is 3. The summed E-state index contributed by atoms with van der Waals surface area (Å²) < 4.78 is 0. The molecule has 0 aliphatic heterocycles. The van der Waals surface area contributed by atoms with Crippen LogP contribution in [0, 0.1) is 0 Å². The summed E-state index contributed by atoms with van der Waals surface area (Å²) in [5.74, 6) is -0.878. The number of allylic oxidation sites excluding steroid dienone is 3. The van der Waals surface area contributed by atoms with Crippen LogP contribution in [0.3, 0.4) is 0 Å². The van der Waals surface area contributed by atoms with E-state index in [1.54, 1.807) is 12.2 Å². The van der Waals surface area contributed by atoms with Gasteiger partial charge in [-0.15, -0.1) is 0 Å². The van der Waals surface area contributed by atoms with E-state index in [4.69, 9.17) is 5.11 Å². The molecule has 0 aromatic rings. The number of carboxylic acids is 1. The summed E-state index contributed by atoms with van der Waals surface area (Å²) in [6, 6.07) is 0. The van der Waals surface area contributed by atoms with E-state index in [0.717, 1.165) is 0 Å². The Morgan fingerprint density at radius 1 is 1.58 bits per heavy atom. The van der Waals surface area contributed by atoms with Crippen molar-refractivity contribution >= 4 is 11.8 Å². The van der Waals surface area contributed by atoms with Gasteiger partial charge < -0.3 is 10.4 Å². The van der Waals surface area contributed by atoms with Crippen LogP contribution in [0.1, 0.15) is 6.42 Å². The van der Waals surface area contributed by atoms with Gasteiger partial charge in [-0.3, -0.25) is 9.59 Å². The van der Waals surface area contributed by atoms with Gasteiger partial charge in [0, 0.05) is 12.1 Å². The fraction of sp³-hybridized carbons (Fsp3) is 0.250. The van der Waals surface area contributed by atoms with Crippen LogP contribution in [-0.2, 0) is 9.59 Å². The maximum absolute atomic E-state index is 10.7. The molecule has 1 rings (SSSR count). The third-order valence-corrected chi connectivity index (χ3v) is 1.42. The largest absolute Gasteiger partial charge is 0.480 e. The van der Waals surface area contributed by atoms with Crippen LogP contribution < -0.4 is 5.32 Å². The molecule has 0 radical (unpaired) electrons.